The van der Waals surface area contributed by atoms with Crippen molar-refractivity contribution in [2.45, 2.75) is 19.4 Å². The van der Waals surface area contributed by atoms with E-state index in [0.717, 1.165) is 0 Å². The first-order valence-corrected chi connectivity index (χ1v) is 6.73. The number of benzene rings is 1. The third kappa shape index (κ3) is 5.69. The highest BCUT2D eigenvalue weighted by atomic mass is 35.5. The van der Waals surface area contributed by atoms with Crippen molar-refractivity contribution in [2.24, 2.45) is 0 Å². The summed E-state index contributed by atoms with van der Waals surface area (Å²) in [5, 5.41) is 11.8. The Morgan fingerprint density at radius 3 is 2.65 bits per heavy atom. The fraction of sp³-hybridized carbons (Fsp3) is 0.429. The Kier molecular flexibility index (Phi) is 6.64. The lowest BCUT2D eigenvalue weighted by Crippen LogP contribution is -2.39. The second-order valence-electron chi connectivity index (χ2n) is 4.73. The Bertz CT molecular complexity index is 477. The summed E-state index contributed by atoms with van der Waals surface area (Å²) in [4.78, 5) is 25.3. The number of nitrogens with one attached hydrogen (secondary N) is 1. The van der Waals surface area contributed by atoms with Crippen molar-refractivity contribution in [2.75, 3.05) is 20.1 Å². The number of aliphatic hydroxyl groups excluding tert-OH is 1. The second-order valence-corrected chi connectivity index (χ2v) is 5.14. The summed E-state index contributed by atoms with van der Waals surface area (Å²) in [5.74, 6) is -0.910. The molecule has 0 radical (unpaired) electrons. The van der Waals surface area contributed by atoms with Gasteiger partial charge in [0.2, 0.25) is 5.91 Å². The van der Waals surface area contributed by atoms with Crippen molar-refractivity contribution in [3.8, 4) is 0 Å². The Morgan fingerprint density at radius 1 is 1.40 bits per heavy atom. The van der Waals surface area contributed by atoms with Gasteiger partial charge in [0.05, 0.1) is 23.2 Å². The van der Waals surface area contributed by atoms with E-state index < -0.39 is 17.9 Å². The highest BCUT2D eigenvalue weighted by Crippen LogP contribution is 2.14. The van der Waals surface area contributed by atoms with Crippen molar-refractivity contribution in [3.05, 3.63) is 34.9 Å². The van der Waals surface area contributed by atoms with Gasteiger partial charge in [0.1, 0.15) is 0 Å². The minimum absolute atomic E-state index is 0.0862. The average molecular weight is 299 g/mol. The van der Waals surface area contributed by atoms with E-state index in [-0.39, 0.29) is 12.1 Å². The molecule has 5 nitrogen and oxygen atoms in total. The van der Waals surface area contributed by atoms with Gasteiger partial charge in [0.25, 0.3) is 5.91 Å². The number of halogens is 1. The summed E-state index contributed by atoms with van der Waals surface area (Å²) < 4.78 is 0. The van der Waals surface area contributed by atoms with Gasteiger partial charge in [-0.15, -0.1) is 0 Å². The quantitative estimate of drug-likeness (QED) is 0.830. The number of carbonyl (C=O) groups is 2. The molecule has 2 N–H and O–H groups in total. The van der Waals surface area contributed by atoms with E-state index in [2.05, 4.69) is 5.32 Å². The Hall–Kier alpha value is -1.43. The van der Waals surface area contributed by atoms with Gasteiger partial charge in [-0.2, -0.15) is 0 Å². The van der Waals surface area contributed by atoms with E-state index in [1.54, 1.807) is 43.1 Å². The topological polar surface area (TPSA) is 69.6 Å². The molecule has 0 saturated heterocycles. The van der Waals surface area contributed by atoms with Gasteiger partial charge < -0.3 is 5.11 Å². The van der Waals surface area contributed by atoms with Crippen LogP contribution in [0.4, 0.5) is 0 Å². The lowest BCUT2D eigenvalue weighted by molar-refractivity contribution is -0.121. The maximum absolute atomic E-state index is 11.8. The van der Waals surface area contributed by atoms with E-state index in [1.807, 2.05) is 0 Å². The fourth-order valence-corrected chi connectivity index (χ4v) is 1.83. The van der Waals surface area contributed by atoms with Crippen LogP contribution in [0.25, 0.3) is 0 Å². The van der Waals surface area contributed by atoms with E-state index in [1.165, 1.54) is 0 Å². The number of imide groups is 1. The summed E-state index contributed by atoms with van der Waals surface area (Å²) in [6.45, 7) is 2.35. The van der Waals surface area contributed by atoms with Crippen LogP contribution in [-0.2, 0) is 4.79 Å². The van der Waals surface area contributed by atoms with Crippen LogP contribution in [0.15, 0.2) is 24.3 Å². The average Bonchev–Trinajstić information content (AvgIpc) is 2.36. The molecule has 0 saturated carbocycles. The molecule has 0 spiro atoms. The van der Waals surface area contributed by atoms with Crippen LogP contribution in [-0.4, -0.2) is 48.1 Å². The molecule has 1 atom stereocenters. The minimum Gasteiger partial charge on any atom is -0.393 e. The second kappa shape index (κ2) is 7.99. The van der Waals surface area contributed by atoms with Crippen molar-refractivity contribution in [1.82, 2.24) is 10.2 Å². The van der Waals surface area contributed by atoms with Gasteiger partial charge in [-0.05, 0) is 32.5 Å². The van der Waals surface area contributed by atoms with Crippen molar-refractivity contribution in [1.29, 1.82) is 0 Å². The predicted molar refractivity (Wildman–Crippen MR) is 77.7 cm³/mol. The third-order valence-electron chi connectivity index (χ3n) is 2.71. The predicted octanol–water partition coefficient (Wildman–Crippen LogP) is 1.30. The van der Waals surface area contributed by atoms with E-state index >= 15 is 0 Å². The normalized spacial score (nSPS) is 12.2. The van der Waals surface area contributed by atoms with Crippen LogP contribution < -0.4 is 5.32 Å². The highest BCUT2D eigenvalue weighted by molar-refractivity contribution is 6.34. The summed E-state index contributed by atoms with van der Waals surface area (Å²) >= 11 is 5.88. The Morgan fingerprint density at radius 2 is 2.05 bits per heavy atom. The van der Waals surface area contributed by atoms with E-state index in [0.29, 0.717) is 18.0 Å². The van der Waals surface area contributed by atoms with Gasteiger partial charge in [-0.3, -0.25) is 19.8 Å². The van der Waals surface area contributed by atoms with Crippen LogP contribution in [0.5, 0.6) is 0 Å². The smallest absolute Gasteiger partial charge is 0.259 e. The molecule has 0 aliphatic rings. The molecule has 1 aromatic carbocycles. The maximum Gasteiger partial charge on any atom is 0.259 e. The van der Waals surface area contributed by atoms with Crippen LogP contribution >= 0.6 is 11.6 Å². The number of nitrogens with zero attached hydrogens (tertiary/aromatic N) is 1. The monoisotopic (exact) mass is 298 g/mol. The number of hydrogen-bond donors (Lipinski definition) is 2. The van der Waals surface area contributed by atoms with Crippen LogP contribution in [0, 0.1) is 0 Å². The first-order chi connectivity index (χ1) is 9.40. The molecule has 1 aromatic rings. The first-order valence-electron chi connectivity index (χ1n) is 6.35. The first kappa shape index (κ1) is 16.6. The molecular formula is C14H19ClN2O3. The molecule has 2 amide bonds. The number of aliphatic hydroxyl groups is 1. The highest BCUT2D eigenvalue weighted by Gasteiger charge is 2.14. The zero-order valence-electron chi connectivity index (χ0n) is 11.6. The number of rotatable bonds is 6. The lowest BCUT2D eigenvalue weighted by Gasteiger charge is -2.16. The Balaban J connectivity index is 2.46. The molecule has 0 heterocycles. The molecule has 0 aromatic heterocycles. The molecule has 6 heteroatoms. The number of hydrogen-bond acceptors (Lipinski definition) is 4. The van der Waals surface area contributed by atoms with Crippen LogP contribution in [0.1, 0.15) is 23.7 Å². The molecule has 20 heavy (non-hydrogen) atoms. The van der Waals surface area contributed by atoms with Crippen LogP contribution in [0.3, 0.4) is 0 Å². The zero-order chi connectivity index (χ0) is 15.1. The fourth-order valence-electron chi connectivity index (χ4n) is 1.61. The summed E-state index contributed by atoms with van der Waals surface area (Å²) in [6.07, 6.45) is 0.160. The largest absolute Gasteiger partial charge is 0.393 e. The molecule has 1 rings (SSSR count). The molecule has 0 aliphatic heterocycles. The minimum atomic E-state index is -0.510. The van der Waals surface area contributed by atoms with E-state index in [4.69, 9.17) is 16.7 Å². The summed E-state index contributed by atoms with van der Waals surface area (Å²) in [5.41, 5.74) is 0.272. The SMILES string of the molecule is CC(O)CCN(C)CC(=O)NC(=O)c1ccccc1Cl. The van der Waals surface area contributed by atoms with Crippen LogP contribution in [0.2, 0.25) is 5.02 Å². The number of carbonyl (C=O) groups excluding carboxylic acids is 2. The zero-order valence-corrected chi connectivity index (χ0v) is 12.4. The summed E-state index contributed by atoms with van der Waals surface area (Å²) in [6, 6.07) is 6.54. The molecular weight excluding hydrogens is 280 g/mol. The van der Waals surface area contributed by atoms with Gasteiger partial charge in [0.15, 0.2) is 0 Å². The van der Waals surface area contributed by atoms with E-state index in [9.17, 15) is 9.59 Å². The Labute approximate surface area is 123 Å². The van der Waals surface area contributed by atoms with Gasteiger partial charge in [-0.25, -0.2) is 0 Å². The maximum atomic E-state index is 11.8. The molecule has 0 fully saturated rings. The van der Waals surface area contributed by atoms with Crippen molar-refractivity contribution >= 4 is 23.4 Å². The molecule has 110 valence electrons. The lowest BCUT2D eigenvalue weighted by atomic mass is 10.2. The standard InChI is InChI=1S/C14H19ClN2O3/c1-10(18)7-8-17(2)9-13(19)16-14(20)11-5-3-4-6-12(11)15/h3-6,10,18H,7-9H2,1-2H3,(H,16,19,20). The number of amides is 2. The number of likely N-dealkylation sites (N-methyl/N-ethyl adjacent to an activating group) is 1. The van der Waals surface area contributed by atoms with Gasteiger partial charge >= 0.3 is 0 Å². The van der Waals surface area contributed by atoms with Gasteiger partial charge in [0, 0.05) is 6.54 Å². The van der Waals surface area contributed by atoms with Crippen molar-refractivity contribution in [3.63, 3.8) is 0 Å². The van der Waals surface area contributed by atoms with Crippen molar-refractivity contribution < 1.29 is 14.7 Å². The molecule has 0 aliphatic carbocycles. The molecule has 1 unspecified atom stereocenters. The van der Waals surface area contributed by atoms with Gasteiger partial charge in [-0.1, -0.05) is 23.7 Å². The third-order valence-corrected chi connectivity index (χ3v) is 3.04. The summed E-state index contributed by atoms with van der Waals surface area (Å²) in [7, 11) is 1.75. The molecule has 0 bridgehead atoms.